The van der Waals surface area contributed by atoms with Crippen LogP contribution < -0.4 is 10.6 Å². The Morgan fingerprint density at radius 2 is 1.87 bits per heavy atom. The van der Waals surface area contributed by atoms with Crippen LogP contribution in [0.1, 0.15) is 5.56 Å². The maximum Gasteiger partial charge on any atom is 0.313 e. The van der Waals surface area contributed by atoms with Crippen LogP contribution in [0.4, 0.5) is 11.4 Å². The highest BCUT2D eigenvalue weighted by Gasteiger charge is 2.17. The largest absolute Gasteiger partial charge is 0.344 e. The number of nitrogens with zero attached hydrogens (tertiary/aromatic N) is 2. The van der Waals surface area contributed by atoms with Crippen LogP contribution in [0, 0.1) is 10.1 Å². The second kappa shape index (κ2) is 7.32. The van der Waals surface area contributed by atoms with Gasteiger partial charge in [-0.3, -0.25) is 24.7 Å². The number of benzene rings is 1. The smallest absolute Gasteiger partial charge is 0.313 e. The van der Waals surface area contributed by atoms with Gasteiger partial charge in [-0.2, -0.15) is 0 Å². The molecule has 0 aliphatic carbocycles. The molecule has 0 unspecified atom stereocenters. The van der Waals surface area contributed by atoms with E-state index >= 15 is 0 Å². The van der Waals surface area contributed by atoms with Crippen LogP contribution in [0.2, 0.25) is 5.02 Å². The highest BCUT2D eigenvalue weighted by molar-refractivity contribution is 6.39. The fourth-order valence-electron chi connectivity index (χ4n) is 1.68. The van der Waals surface area contributed by atoms with Crippen molar-refractivity contribution in [2.75, 3.05) is 5.32 Å². The highest BCUT2D eigenvalue weighted by atomic mass is 35.5. The molecule has 2 aromatic rings. The van der Waals surface area contributed by atoms with Gasteiger partial charge in [-0.05, 0) is 29.8 Å². The van der Waals surface area contributed by atoms with E-state index in [4.69, 9.17) is 11.6 Å². The lowest BCUT2D eigenvalue weighted by molar-refractivity contribution is -0.384. The number of rotatable bonds is 4. The molecule has 2 N–H and O–H groups in total. The van der Waals surface area contributed by atoms with Gasteiger partial charge in [-0.25, -0.2) is 0 Å². The van der Waals surface area contributed by atoms with Crippen LogP contribution in [0.25, 0.3) is 0 Å². The lowest BCUT2D eigenvalue weighted by Gasteiger charge is -2.07. The van der Waals surface area contributed by atoms with Gasteiger partial charge in [0, 0.05) is 30.7 Å². The number of nitro benzene ring substituents is 1. The molecule has 0 bridgehead atoms. The minimum absolute atomic E-state index is 0.0601. The van der Waals surface area contributed by atoms with Gasteiger partial charge in [-0.15, -0.1) is 0 Å². The molecule has 118 valence electrons. The molecular weight excluding hydrogens is 324 g/mol. The fraction of sp³-hybridized carbons (Fsp3) is 0.0714. The topological polar surface area (TPSA) is 114 Å². The molecule has 0 fully saturated rings. The second-order valence-electron chi connectivity index (χ2n) is 4.42. The van der Waals surface area contributed by atoms with E-state index in [-0.39, 0.29) is 22.9 Å². The first kappa shape index (κ1) is 16.4. The summed E-state index contributed by atoms with van der Waals surface area (Å²) >= 11 is 5.67. The van der Waals surface area contributed by atoms with Gasteiger partial charge in [0.1, 0.15) is 5.02 Å². The van der Waals surface area contributed by atoms with Crippen molar-refractivity contribution < 1.29 is 14.5 Å². The normalized spacial score (nSPS) is 9.96. The van der Waals surface area contributed by atoms with Gasteiger partial charge in [0.25, 0.3) is 5.69 Å². The van der Waals surface area contributed by atoms with Crippen LogP contribution in [-0.2, 0) is 16.1 Å². The molecule has 0 aliphatic rings. The number of nitrogens with one attached hydrogen (secondary N) is 2. The van der Waals surface area contributed by atoms with E-state index in [0.717, 1.165) is 11.6 Å². The number of pyridine rings is 1. The minimum atomic E-state index is -0.935. The number of halogens is 1. The summed E-state index contributed by atoms with van der Waals surface area (Å²) in [5.41, 5.74) is 0.523. The quantitative estimate of drug-likeness (QED) is 0.503. The monoisotopic (exact) mass is 334 g/mol. The molecule has 0 saturated carbocycles. The molecule has 1 aromatic carbocycles. The minimum Gasteiger partial charge on any atom is -0.344 e. The molecule has 0 saturated heterocycles. The Bertz CT molecular complexity index is 752. The van der Waals surface area contributed by atoms with Gasteiger partial charge in [0.2, 0.25) is 0 Å². The Balaban J connectivity index is 1.97. The summed E-state index contributed by atoms with van der Waals surface area (Å²) in [6.45, 7) is 0.162. The number of nitro groups is 1. The molecule has 23 heavy (non-hydrogen) atoms. The molecule has 0 spiro atoms. The zero-order valence-electron chi connectivity index (χ0n) is 11.7. The van der Waals surface area contributed by atoms with Crippen molar-refractivity contribution in [3.05, 3.63) is 63.4 Å². The van der Waals surface area contributed by atoms with Gasteiger partial charge in [0.05, 0.1) is 4.92 Å². The van der Waals surface area contributed by atoms with E-state index < -0.39 is 16.7 Å². The van der Waals surface area contributed by atoms with Crippen LogP contribution >= 0.6 is 11.6 Å². The maximum absolute atomic E-state index is 11.8. The van der Waals surface area contributed by atoms with Crippen molar-refractivity contribution in [3.63, 3.8) is 0 Å². The Kier molecular flexibility index (Phi) is 5.21. The molecule has 2 amide bonds. The van der Waals surface area contributed by atoms with E-state index in [9.17, 15) is 19.7 Å². The molecule has 8 nitrogen and oxygen atoms in total. The summed E-state index contributed by atoms with van der Waals surface area (Å²) < 4.78 is 0. The predicted octanol–water partition coefficient (Wildman–Crippen LogP) is 1.90. The summed E-state index contributed by atoms with van der Waals surface area (Å²) in [5, 5.41) is 15.4. The van der Waals surface area contributed by atoms with Crippen LogP contribution in [0.3, 0.4) is 0 Å². The van der Waals surface area contributed by atoms with Crippen LogP contribution in [0.5, 0.6) is 0 Å². The first-order chi connectivity index (χ1) is 11.0. The number of anilines is 1. The Hall–Kier alpha value is -3.00. The van der Waals surface area contributed by atoms with Gasteiger partial charge in [0.15, 0.2) is 0 Å². The Morgan fingerprint density at radius 3 is 2.52 bits per heavy atom. The molecule has 0 radical (unpaired) electrons. The lowest BCUT2D eigenvalue weighted by atomic mass is 10.2. The SMILES string of the molecule is O=C(NCc1ccncc1)C(=O)Nc1ccc(Cl)c([N+](=O)[O-])c1. The number of aromatic nitrogens is 1. The number of carbonyl (C=O) groups is 2. The molecule has 9 heteroatoms. The Morgan fingerprint density at radius 1 is 1.17 bits per heavy atom. The van der Waals surface area contributed by atoms with Crippen molar-refractivity contribution in [2.24, 2.45) is 0 Å². The third-order valence-corrected chi connectivity index (χ3v) is 3.13. The standard InChI is InChI=1S/C14H11ClN4O4/c15-11-2-1-10(7-12(11)19(22)23)18-14(21)13(20)17-8-9-3-5-16-6-4-9/h1-7H,8H2,(H,17,20)(H,18,21). The average molecular weight is 335 g/mol. The third kappa shape index (κ3) is 4.48. The summed E-state index contributed by atoms with van der Waals surface area (Å²) in [4.78, 5) is 37.4. The molecule has 0 atom stereocenters. The van der Waals surface area contributed by atoms with E-state index in [2.05, 4.69) is 15.6 Å². The van der Waals surface area contributed by atoms with E-state index in [1.54, 1.807) is 24.5 Å². The number of amides is 2. The second-order valence-corrected chi connectivity index (χ2v) is 4.82. The summed E-state index contributed by atoms with van der Waals surface area (Å²) in [7, 11) is 0. The third-order valence-electron chi connectivity index (χ3n) is 2.81. The lowest BCUT2D eigenvalue weighted by Crippen LogP contribution is -2.34. The Labute approximate surface area is 135 Å². The van der Waals surface area contributed by atoms with E-state index in [1.165, 1.54) is 12.1 Å². The summed E-state index contributed by atoms with van der Waals surface area (Å²) in [6, 6.07) is 7.10. The summed E-state index contributed by atoms with van der Waals surface area (Å²) in [5.74, 6) is -1.80. The van der Waals surface area contributed by atoms with Crippen LogP contribution in [-0.4, -0.2) is 21.7 Å². The first-order valence-electron chi connectivity index (χ1n) is 6.39. The summed E-state index contributed by atoms with van der Waals surface area (Å²) in [6.07, 6.45) is 3.13. The van der Waals surface area contributed by atoms with Crippen molar-refractivity contribution in [1.82, 2.24) is 10.3 Å². The highest BCUT2D eigenvalue weighted by Crippen LogP contribution is 2.27. The van der Waals surface area contributed by atoms with E-state index in [1.807, 2.05) is 0 Å². The van der Waals surface area contributed by atoms with Crippen molar-refractivity contribution in [2.45, 2.75) is 6.54 Å². The molecular formula is C14H11ClN4O4. The molecule has 1 aromatic heterocycles. The first-order valence-corrected chi connectivity index (χ1v) is 6.77. The number of carbonyl (C=O) groups excluding carboxylic acids is 2. The van der Waals surface area contributed by atoms with Crippen LogP contribution in [0.15, 0.2) is 42.7 Å². The van der Waals surface area contributed by atoms with Gasteiger partial charge in [-0.1, -0.05) is 11.6 Å². The van der Waals surface area contributed by atoms with E-state index in [0.29, 0.717) is 0 Å². The number of hydrogen-bond acceptors (Lipinski definition) is 5. The molecule has 1 heterocycles. The van der Waals surface area contributed by atoms with Crippen molar-refractivity contribution >= 4 is 34.8 Å². The molecule has 0 aliphatic heterocycles. The van der Waals surface area contributed by atoms with Gasteiger partial charge >= 0.3 is 11.8 Å². The van der Waals surface area contributed by atoms with Gasteiger partial charge < -0.3 is 10.6 Å². The van der Waals surface area contributed by atoms with Crippen molar-refractivity contribution in [3.8, 4) is 0 Å². The zero-order chi connectivity index (χ0) is 16.8. The van der Waals surface area contributed by atoms with Crippen molar-refractivity contribution in [1.29, 1.82) is 0 Å². The fourth-order valence-corrected chi connectivity index (χ4v) is 1.87. The zero-order valence-corrected chi connectivity index (χ0v) is 12.4. The average Bonchev–Trinajstić information content (AvgIpc) is 2.55. The number of hydrogen-bond donors (Lipinski definition) is 2. The predicted molar refractivity (Wildman–Crippen MR) is 82.8 cm³/mol. The maximum atomic E-state index is 11.8. The molecule has 2 rings (SSSR count).